The third kappa shape index (κ3) is 5.46. The summed E-state index contributed by atoms with van der Waals surface area (Å²) >= 11 is 0. The SMILES string of the molecule is CCOc1ccccc1N(CC(=O)Nc1ccc(N2CCCC2=O)cc1)S(=O)(=O)c1ccccc1. The number of nitrogens with zero attached hydrogens (tertiary/aromatic N) is 2. The lowest BCUT2D eigenvalue weighted by Gasteiger charge is -2.26. The van der Waals surface area contributed by atoms with Gasteiger partial charge >= 0.3 is 0 Å². The molecule has 8 nitrogen and oxygen atoms in total. The van der Waals surface area contributed by atoms with E-state index in [1.54, 1.807) is 78.6 Å². The Bertz CT molecular complexity index is 1290. The van der Waals surface area contributed by atoms with E-state index >= 15 is 0 Å². The average Bonchev–Trinajstić information content (AvgIpc) is 3.30. The van der Waals surface area contributed by atoms with Gasteiger partial charge in [0.15, 0.2) is 0 Å². The summed E-state index contributed by atoms with van der Waals surface area (Å²) in [4.78, 5) is 26.8. The molecule has 0 unspecified atom stereocenters. The first-order valence-electron chi connectivity index (χ1n) is 11.4. The molecule has 1 aliphatic heterocycles. The zero-order valence-corrected chi connectivity index (χ0v) is 20.2. The van der Waals surface area contributed by atoms with Gasteiger partial charge < -0.3 is 15.0 Å². The van der Waals surface area contributed by atoms with Gasteiger partial charge in [-0.2, -0.15) is 0 Å². The van der Waals surface area contributed by atoms with E-state index in [1.807, 2.05) is 0 Å². The zero-order chi connectivity index (χ0) is 24.8. The monoisotopic (exact) mass is 493 g/mol. The second-order valence-corrected chi connectivity index (χ2v) is 9.83. The van der Waals surface area contributed by atoms with E-state index in [-0.39, 0.29) is 16.5 Å². The quantitative estimate of drug-likeness (QED) is 0.485. The van der Waals surface area contributed by atoms with E-state index < -0.39 is 22.5 Å². The van der Waals surface area contributed by atoms with Gasteiger partial charge in [0.1, 0.15) is 12.3 Å². The van der Waals surface area contributed by atoms with Crippen LogP contribution in [0, 0.1) is 0 Å². The van der Waals surface area contributed by atoms with Gasteiger partial charge in [-0.1, -0.05) is 30.3 Å². The van der Waals surface area contributed by atoms with Gasteiger partial charge in [0, 0.05) is 24.3 Å². The number of hydrogen-bond acceptors (Lipinski definition) is 5. The minimum atomic E-state index is -4.06. The second kappa shape index (κ2) is 10.6. The second-order valence-electron chi connectivity index (χ2n) is 7.97. The van der Waals surface area contributed by atoms with Crippen molar-refractivity contribution in [3.63, 3.8) is 0 Å². The standard InChI is InChI=1S/C26H27N3O5S/c1-2-34-24-12-7-6-11-23(24)29(35(32,33)22-9-4-3-5-10-22)19-25(30)27-20-14-16-21(17-15-20)28-18-8-13-26(28)31/h3-7,9-12,14-17H,2,8,13,18-19H2,1H3,(H,27,30). The maximum atomic E-state index is 13.6. The van der Waals surface area contributed by atoms with E-state index in [1.165, 1.54) is 12.1 Å². The van der Waals surface area contributed by atoms with Gasteiger partial charge in [0.05, 0.1) is 17.2 Å². The number of carbonyl (C=O) groups is 2. The Kier molecular flexibility index (Phi) is 7.36. The molecule has 4 rings (SSSR count). The molecule has 35 heavy (non-hydrogen) atoms. The lowest BCUT2D eigenvalue weighted by molar-refractivity contribution is -0.117. The van der Waals surface area contributed by atoms with Crippen molar-refractivity contribution in [1.82, 2.24) is 0 Å². The first kappa shape index (κ1) is 24.3. The first-order valence-corrected chi connectivity index (χ1v) is 12.8. The van der Waals surface area contributed by atoms with Gasteiger partial charge in [-0.05, 0) is 61.9 Å². The van der Waals surface area contributed by atoms with Crippen LogP contribution < -0.4 is 19.3 Å². The number of nitrogens with one attached hydrogen (secondary N) is 1. The summed E-state index contributed by atoms with van der Waals surface area (Å²) in [7, 11) is -4.06. The molecular weight excluding hydrogens is 466 g/mol. The Morgan fingerprint density at radius 3 is 2.34 bits per heavy atom. The van der Waals surface area contributed by atoms with Gasteiger partial charge in [-0.15, -0.1) is 0 Å². The highest BCUT2D eigenvalue weighted by Crippen LogP contribution is 2.32. The molecule has 0 bridgehead atoms. The van der Waals surface area contributed by atoms with Crippen LogP contribution in [0.2, 0.25) is 0 Å². The lowest BCUT2D eigenvalue weighted by atomic mass is 10.2. The average molecular weight is 494 g/mol. The van der Waals surface area contributed by atoms with Crippen LogP contribution in [0.3, 0.4) is 0 Å². The Hall–Kier alpha value is -3.85. The largest absolute Gasteiger partial charge is 0.492 e. The molecule has 1 aliphatic rings. The highest BCUT2D eigenvalue weighted by molar-refractivity contribution is 7.92. The number of para-hydroxylation sites is 2. The molecule has 2 amide bonds. The van der Waals surface area contributed by atoms with Crippen LogP contribution in [-0.2, 0) is 19.6 Å². The lowest BCUT2D eigenvalue weighted by Crippen LogP contribution is -2.38. The van der Waals surface area contributed by atoms with Crippen molar-refractivity contribution in [1.29, 1.82) is 0 Å². The summed E-state index contributed by atoms with van der Waals surface area (Å²) in [6.45, 7) is 2.37. The predicted molar refractivity (Wildman–Crippen MR) is 135 cm³/mol. The molecule has 0 aliphatic carbocycles. The minimum absolute atomic E-state index is 0.0683. The normalized spacial score (nSPS) is 13.5. The fraction of sp³-hybridized carbons (Fsp3) is 0.231. The fourth-order valence-electron chi connectivity index (χ4n) is 3.94. The van der Waals surface area contributed by atoms with Gasteiger partial charge in [0.25, 0.3) is 10.0 Å². The molecule has 9 heteroatoms. The third-order valence-corrected chi connectivity index (χ3v) is 7.36. The topological polar surface area (TPSA) is 96.0 Å². The fourth-order valence-corrected chi connectivity index (χ4v) is 5.39. The molecule has 1 fully saturated rings. The van der Waals surface area contributed by atoms with Gasteiger partial charge in [-0.25, -0.2) is 8.42 Å². The number of carbonyl (C=O) groups excluding carboxylic acids is 2. The number of rotatable bonds is 9. The number of anilines is 3. The summed E-state index contributed by atoms with van der Waals surface area (Å²) in [5, 5.41) is 2.76. The van der Waals surface area contributed by atoms with Gasteiger partial charge in [0.2, 0.25) is 11.8 Å². The molecule has 1 saturated heterocycles. The molecule has 0 atom stereocenters. The van der Waals surface area contributed by atoms with Crippen molar-refractivity contribution in [2.24, 2.45) is 0 Å². The third-order valence-electron chi connectivity index (χ3n) is 5.59. The van der Waals surface area contributed by atoms with E-state index in [0.29, 0.717) is 31.0 Å². The molecule has 3 aromatic carbocycles. The van der Waals surface area contributed by atoms with Crippen molar-refractivity contribution in [3.05, 3.63) is 78.9 Å². The van der Waals surface area contributed by atoms with Crippen LogP contribution in [-0.4, -0.2) is 39.9 Å². The molecular formula is C26H27N3O5S. The van der Waals surface area contributed by atoms with Crippen molar-refractivity contribution in [2.45, 2.75) is 24.7 Å². The van der Waals surface area contributed by atoms with E-state index in [2.05, 4.69) is 5.32 Å². The summed E-state index contributed by atoms with van der Waals surface area (Å²) < 4.78 is 33.8. The van der Waals surface area contributed by atoms with Crippen LogP contribution in [0.15, 0.2) is 83.8 Å². The Labute approximate surface area is 205 Å². The molecule has 0 spiro atoms. The number of sulfonamides is 1. The van der Waals surface area contributed by atoms with E-state index in [0.717, 1.165) is 16.4 Å². The highest BCUT2D eigenvalue weighted by atomic mass is 32.2. The summed E-state index contributed by atoms with van der Waals surface area (Å²) in [5.41, 5.74) is 1.54. The van der Waals surface area contributed by atoms with E-state index in [9.17, 15) is 18.0 Å². The van der Waals surface area contributed by atoms with Crippen LogP contribution in [0.1, 0.15) is 19.8 Å². The summed E-state index contributed by atoms with van der Waals surface area (Å²) in [6.07, 6.45) is 1.36. The molecule has 0 radical (unpaired) electrons. The number of hydrogen-bond donors (Lipinski definition) is 1. The Balaban J connectivity index is 1.59. The maximum absolute atomic E-state index is 13.6. The van der Waals surface area contributed by atoms with Crippen LogP contribution in [0.25, 0.3) is 0 Å². The van der Waals surface area contributed by atoms with Gasteiger partial charge in [-0.3, -0.25) is 13.9 Å². The number of ether oxygens (including phenoxy) is 1. The molecule has 0 aromatic heterocycles. The van der Waals surface area contributed by atoms with Crippen molar-refractivity contribution >= 4 is 38.9 Å². The van der Waals surface area contributed by atoms with Crippen molar-refractivity contribution in [3.8, 4) is 5.75 Å². The highest BCUT2D eigenvalue weighted by Gasteiger charge is 2.29. The Morgan fingerprint density at radius 2 is 1.69 bits per heavy atom. The zero-order valence-electron chi connectivity index (χ0n) is 19.4. The molecule has 3 aromatic rings. The van der Waals surface area contributed by atoms with Crippen LogP contribution in [0.5, 0.6) is 5.75 Å². The maximum Gasteiger partial charge on any atom is 0.264 e. The smallest absolute Gasteiger partial charge is 0.264 e. The number of benzene rings is 3. The van der Waals surface area contributed by atoms with Crippen LogP contribution >= 0.6 is 0 Å². The summed E-state index contributed by atoms with van der Waals surface area (Å²) in [6, 6.07) is 21.6. The Morgan fingerprint density at radius 1 is 1.00 bits per heavy atom. The molecule has 0 saturated carbocycles. The van der Waals surface area contributed by atoms with Crippen molar-refractivity contribution < 1.29 is 22.7 Å². The minimum Gasteiger partial charge on any atom is -0.492 e. The van der Waals surface area contributed by atoms with Crippen LogP contribution in [0.4, 0.5) is 17.1 Å². The molecule has 1 N–H and O–H groups in total. The predicted octanol–water partition coefficient (Wildman–Crippen LogP) is 4.05. The van der Waals surface area contributed by atoms with E-state index in [4.69, 9.17) is 4.74 Å². The molecule has 182 valence electrons. The molecule has 1 heterocycles. The first-order chi connectivity index (χ1) is 16.9. The number of amides is 2. The van der Waals surface area contributed by atoms with Crippen molar-refractivity contribution in [2.75, 3.05) is 34.2 Å². The summed E-state index contributed by atoms with van der Waals surface area (Å²) in [5.74, 6) is -0.0701.